The fraction of sp³-hybridized carbons (Fsp3) is 0.333. The second-order valence-electron chi connectivity index (χ2n) is 4.62. The van der Waals surface area contributed by atoms with E-state index in [0.29, 0.717) is 11.4 Å². The zero-order valence-electron chi connectivity index (χ0n) is 10.4. The molecule has 0 aromatic heterocycles. The van der Waals surface area contributed by atoms with Crippen molar-refractivity contribution in [2.24, 2.45) is 0 Å². The van der Waals surface area contributed by atoms with Gasteiger partial charge in [0, 0.05) is 5.54 Å². The number of nitrogens with two attached hydrogens (primary N) is 1. The van der Waals surface area contributed by atoms with Gasteiger partial charge in [0.05, 0.1) is 17.8 Å². The average molecular weight is 251 g/mol. The molecule has 5 N–H and O–H groups in total. The number of carbonyl (C=O) groups excluding carboxylic acids is 1. The van der Waals surface area contributed by atoms with Gasteiger partial charge in [0.1, 0.15) is 0 Å². The van der Waals surface area contributed by atoms with Gasteiger partial charge in [-0.15, -0.1) is 0 Å². The molecule has 0 aliphatic rings. The molecule has 0 atom stereocenters. The Morgan fingerprint density at radius 1 is 1.33 bits per heavy atom. The summed E-state index contributed by atoms with van der Waals surface area (Å²) in [7, 11) is 0. The zero-order valence-corrected chi connectivity index (χ0v) is 10.4. The Hall–Kier alpha value is -2.24. The summed E-state index contributed by atoms with van der Waals surface area (Å²) in [6, 6.07) is 6.34. The highest BCUT2D eigenvalue weighted by molar-refractivity contribution is 5.93. The Labute approximate surface area is 105 Å². The zero-order chi connectivity index (χ0) is 13.8. The number of rotatable bonds is 4. The van der Waals surface area contributed by atoms with E-state index >= 15 is 0 Å². The van der Waals surface area contributed by atoms with Gasteiger partial charge in [-0.1, -0.05) is 12.1 Å². The molecule has 0 fully saturated rings. The van der Waals surface area contributed by atoms with Gasteiger partial charge in [0.25, 0.3) is 0 Å². The second-order valence-corrected chi connectivity index (χ2v) is 4.62. The summed E-state index contributed by atoms with van der Waals surface area (Å²) in [5, 5.41) is 13.9. The van der Waals surface area contributed by atoms with Crippen molar-refractivity contribution >= 4 is 23.4 Å². The molecule has 2 amide bonds. The molecule has 6 heteroatoms. The Morgan fingerprint density at radius 2 is 1.94 bits per heavy atom. The number of carboxylic acid groups (broad SMARTS) is 1. The summed E-state index contributed by atoms with van der Waals surface area (Å²) in [5.74, 6) is -0.973. The smallest absolute Gasteiger partial charge is 0.319 e. The number of urea groups is 1. The molecule has 0 saturated carbocycles. The topological polar surface area (TPSA) is 104 Å². The third kappa shape index (κ3) is 4.32. The van der Waals surface area contributed by atoms with Crippen LogP contribution in [-0.2, 0) is 4.79 Å². The maximum atomic E-state index is 11.7. The fourth-order valence-corrected chi connectivity index (χ4v) is 1.49. The van der Waals surface area contributed by atoms with Gasteiger partial charge in [-0.3, -0.25) is 4.79 Å². The van der Waals surface area contributed by atoms with Crippen LogP contribution < -0.4 is 16.4 Å². The Morgan fingerprint density at radius 3 is 2.50 bits per heavy atom. The first-order valence-electron chi connectivity index (χ1n) is 5.45. The number of anilines is 2. The molecule has 0 bridgehead atoms. The molecule has 0 unspecified atom stereocenters. The molecule has 0 radical (unpaired) electrons. The first kappa shape index (κ1) is 13.8. The van der Waals surface area contributed by atoms with Crippen LogP contribution in [0.25, 0.3) is 0 Å². The minimum Gasteiger partial charge on any atom is -0.481 e. The molecule has 0 saturated heterocycles. The van der Waals surface area contributed by atoms with Crippen LogP contribution in [0.15, 0.2) is 24.3 Å². The van der Waals surface area contributed by atoms with Crippen LogP contribution in [0.2, 0.25) is 0 Å². The highest BCUT2D eigenvalue weighted by Crippen LogP contribution is 2.17. The minimum absolute atomic E-state index is 0.162. The molecule has 0 heterocycles. The number of benzene rings is 1. The van der Waals surface area contributed by atoms with Gasteiger partial charge in [-0.2, -0.15) is 0 Å². The fourth-order valence-electron chi connectivity index (χ4n) is 1.49. The average Bonchev–Trinajstić information content (AvgIpc) is 2.18. The second kappa shape index (κ2) is 5.39. The SMILES string of the molecule is CC(C)(CC(=O)O)NC(=O)Nc1ccccc1N. The minimum atomic E-state index is -0.973. The summed E-state index contributed by atoms with van der Waals surface area (Å²) < 4.78 is 0. The van der Waals surface area contributed by atoms with Gasteiger partial charge in [0.15, 0.2) is 0 Å². The quantitative estimate of drug-likeness (QED) is 0.610. The molecule has 98 valence electrons. The van der Waals surface area contributed by atoms with E-state index in [1.54, 1.807) is 38.1 Å². The molecule has 0 spiro atoms. The van der Waals surface area contributed by atoms with Crippen molar-refractivity contribution in [2.45, 2.75) is 25.8 Å². The van der Waals surface area contributed by atoms with Crippen LogP contribution in [0, 0.1) is 0 Å². The third-order valence-electron chi connectivity index (χ3n) is 2.25. The third-order valence-corrected chi connectivity index (χ3v) is 2.25. The van der Waals surface area contributed by atoms with Gasteiger partial charge >= 0.3 is 12.0 Å². The molecule has 1 rings (SSSR count). The summed E-state index contributed by atoms with van der Waals surface area (Å²) in [4.78, 5) is 22.3. The van der Waals surface area contributed by atoms with Crippen molar-refractivity contribution in [1.29, 1.82) is 0 Å². The number of amides is 2. The maximum absolute atomic E-state index is 11.7. The van der Waals surface area contributed by atoms with Crippen molar-refractivity contribution < 1.29 is 14.7 Å². The molecule has 0 aliphatic carbocycles. The number of nitrogen functional groups attached to an aromatic ring is 1. The Kier molecular flexibility index (Phi) is 4.14. The van der Waals surface area contributed by atoms with Crippen LogP contribution in [0.5, 0.6) is 0 Å². The number of nitrogens with one attached hydrogen (secondary N) is 2. The highest BCUT2D eigenvalue weighted by Gasteiger charge is 2.23. The van der Waals surface area contributed by atoms with Crippen molar-refractivity contribution in [3.63, 3.8) is 0 Å². The van der Waals surface area contributed by atoms with Crippen molar-refractivity contribution in [3.05, 3.63) is 24.3 Å². The van der Waals surface area contributed by atoms with Crippen LogP contribution in [0.3, 0.4) is 0 Å². The summed E-state index contributed by atoms with van der Waals surface area (Å²) >= 11 is 0. The summed E-state index contributed by atoms with van der Waals surface area (Å²) in [5.41, 5.74) is 5.78. The van der Waals surface area contributed by atoms with E-state index in [1.165, 1.54) is 0 Å². The van der Waals surface area contributed by atoms with E-state index < -0.39 is 17.5 Å². The Balaban J connectivity index is 2.62. The molecule has 6 nitrogen and oxygen atoms in total. The number of hydrogen-bond acceptors (Lipinski definition) is 3. The maximum Gasteiger partial charge on any atom is 0.319 e. The lowest BCUT2D eigenvalue weighted by atomic mass is 10.0. The monoisotopic (exact) mass is 251 g/mol. The van der Waals surface area contributed by atoms with Crippen LogP contribution in [0.4, 0.5) is 16.2 Å². The lowest BCUT2D eigenvalue weighted by Crippen LogP contribution is -2.46. The predicted octanol–water partition coefficient (Wildman–Crippen LogP) is 1.64. The molecule has 0 aliphatic heterocycles. The number of carboxylic acids is 1. The molecule has 18 heavy (non-hydrogen) atoms. The number of hydrogen-bond donors (Lipinski definition) is 4. The normalized spacial score (nSPS) is 10.8. The van der Waals surface area contributed by atoms with Crippen LogP contribution in [-0.4, -0.2) is 22.6 Å². The highest BCUT2D eigenvalue weighted by atomic mass is 16.4. The predicted molar refractivity (Wildman–Crippen MR) is 69.3 cm³/mol. The van der Waals surface area contributed by atoms with Crippen molar-refractivity contribution in [3.8, 4) is 0 Å². The van der Waals surface area contributed by atoms with E-state index in [9.17, 15) is 9.59 Å². The van der Waals surface area contributed by atoms with Crippen LogP contribution >= 0.6 is 0 Å². The molecule has 1 aromatic carbocycles. The molecular formula is C12H17N3O3. The summed E-state index contributed by atoms with van der Waals surface area (Å²) in [6.45, 7) is 3.27. The first-order valence-corrected chi connectivity index (χ1v) is 5.45. The van der Waals surface area contributed by atoms with E-state index in [2.05, 4.69) is 10.6 Å². The van der Waals surface area contributed by atoms with Gasteiger partial charge in [-0.25, -0.2) is 4.79 Å². The molecule has 1 aromatic rings. The lowest BCUT2D eigenvalue weighted by molar-refractivity contribution is -0.138. The van der Waals surface area contributed by atoms with Crippen molar-refractivity contribution in [1.82, 2.24) is 5.32 Å². The van der Waals surface area contributed by atoms with E-state index in [1.807, 2.05) is 0 Å². The first-order chi connectivity index (χ1) is 8.30. The summed E-state index contributed by atoms with van der Waals surface area (Å²) in [6.07, 6.45) is -0.162. The van der Waals surface area contributed by atoms with Gasteiger partial charge < -0.3 is 21.5 Å². The van der Waals surface area contributed by atoms with Crippen molar-refractivity contribution in [2.75, 3.05) is 11.1 Å². The Bertz CT molecular complexity index is 458. The van der Waals surface area contributed by atoms with E-state index in [-0.39, 0.29) is 6.42 Å². The largest absolute Gasteiger partial charge is 0.481 e. The lowest BCUT2D eigenvalue weighted by Gasteiger charge is -2.24. The standard InChI is InChI=1S/C12H17N3O3/c1-12(2,7-10(16)17)15-11(18)14-9-6-4-3-5-8(9)13/h3-6H,7,13H2,1-2H3,(H,16,17)(H2,14,15,18). The van der Waals surface area contributed by atoms with Gasteiger partial charge in [0.2, 0.25) is 0 Å². The molecular weight excluding hydrogens is 234 g/mol. The van der Waals surface area contributed by atoms with Crippen LogP contribution in [0.1, 0.15) is 20.3 Å². The number of aliphatic carboxylic acids is 1. The van der Waals surface area contributed by atoms with E-state index in [0.717, 1.165) is 0 Å². The van der Waals surface area contributed by atoms with Gasteiger partial charge in [-0.05, 0) is 26.0 Å². The number of para-hydroxylation sites is 2. The van der Waals surface area contributed by atoms with E-state index in [4.69, 9.17) is 10.8 Å². The number of carbonyl (C=O) groups is 2.